The third kappa shape index (κ3) is 2.10. The van der Waals surface area contributed by atoms with Gasteiger partial charge in [-0.05, 0) is 65.5 Å². The maximum Gasteiger partial charge on any atom is -0.0117 e. The summed E-state index contributed by atoms with van der Waals surface area (Å²) < 4.78 is 0. The molecule has 0 saturated carbocycles. The summed E-state index contributed by atoms with van der Waals surface area (Å²) in [5.41, 5.74) is 9.21. The van der Waals surface area contributed by atoms with Gasteiger partial charge >= 0.3 is 0 Å². The summed E-state index contributed by atoms with van der Waals surface area (Å²) in [6.45, 7) is 4.53. The first-order valence-electron chi connectivity index (χ1n) is 7.57. The molecule has 0 saturated heterocycles. The molecule has 0 unspecified atom stereocenters. The van der Waals surface area contributed by atoms with Gasteiger partial charge in [0.25, 0.3) is 0 Å². The lowest BCUT2D eigenvalue weighted by molar-refractivity contribution is 0.912. The normalized spacial score (nSPS) is 13.6. The zero-order chi connectivity index (χ0) is 13.2. The van der Waals surface area contributed by atoms with Gasteiger partial charge in [-0.25, -0.2) is 0 Å². The topological polar surface area (TPSA) is 0 Å². The van der Waals surface area contributed by atoms with Gasteiger partial charge < -0.3 is 0 Å². The lowest BCUT2D eigenvalue weighted by atomic mass is 9.88. The number of fused-ring (bicyclic) bond motifs is 1. The first-order chi connectivity index (χ1) is 9.35. The van der Waals surface area contributed by atoms with Crippen molar-refractivity contribution in [2.45, 2.75) is 46.0 Å². The Bertz CT molecular complexity index is 571. The molecular formula is C19H22. The second-order valence-corrected chi connectivity index (χ2v) is 5.46. The quantitative estimate of drug-likeness (QED) is 0.721. The molecule has 0 atom stereocenters. The predicted octanol–water partition coefficient (Wildman–Crippen LogP) is 4.97. The molecule has 98 valence electrons. The van der Waals surface area contributed by atoms with Gasteiger partial charge in [0.1, 0.15) is 0 Å². The molecule has 0 spiro atoms. The minimum Gasteiger partial charge on any atom is -0.0617 e. The first kappa shape index (κ1) is 12.5. The van der Waals surface area contributed by atoms with Crippen molar-refractivity contribution in [2.24, 2.45) is 0 Å². The smallest absolute Gasteiger partial charge is 0.0117 e. The van der Waals surface area contributed by atoms with E-state index in [-0.39, 0.29) is 0 Å². The Morgan fingerprint density at radius 2 is 1.53 bits per heavy atom. The van der Waals surface area contributed by atoms with Crippen molar-refractivity contribution >= 4 is 0 Å². The molecule has 0 heterocycles. The highest BCUT2D eigenvalue weighted by Crippen LogP contribution is 2.36. The van der Waals surface area contributed by atoms with Crippen molar-refractivity contribution < 1.29 is 0 Å². The number of rotatable bonds is 3. The van der Waals surface area contributed by atoms with E-state index in [2.05, 4.69) is 50.2 Å². The summed E-state index contributed by atoms with van der Waals surface area (Å²) >= 11 is 0. The van der Waals surface area contributed by atoms with Crippen LogP contribution in [0.3, 0.4) is 0 Å². The van der Waals surface area contributed by atoms with Crippen LogP contribution < -0.4 is 0 Å². The number of hydrogen-bond donors (Lipinski definition) is 0. The number of hydrogen-bond acceptors (Lipinski definition) is 0. The third-order valence-corrected chi connectivity index (χ3v) is 4.41. The SMILES string of the molecule is CCc1cccc(CC)c1-c1cccc2c1CCC2. The van der Waals surface area contributed by atoms with E-state index in [0.29, 0.717) is 0 Å². The standard InChI is InChI=1S/C19H22/c1-3-14-8-5-9-15(4-2)19(14)18-13-7-11-16-10-6-12-17(16)18/h5,7-9,11,13H,3-4,6,10,12H2,1-2H3. The summed E-state index contributed by atoms with van der Waals surface area (Å²) in [4.78, 5) is 0. The zero-order valence-electron chi connectivity index (χ0n) is 12.0. The molecule has 3 rings (SSSR count). The average Bonchev–Trinajstić information content (AvgIpc) is 2.94. The second kappa shape index (κ2) is 5.21. The van der Waals surface area contributed by atoms with Crippen molar-refractivity contribution in [2.75, 3.05) is 0 Å². The third-order valence-electron chi connectivity index (χ3n) is 4.41. The lowest BCUT2D eigenvalue weighted by Gasteiger charge is -2.16. The van der Waals surface area contributed by atoms with E-state index in [0.717, 1.165) is 12.8 Å². The summed E-state index contributed by atoms with van der Waals surface area (Å²) in [5.74, 6) is 0. The van der Waals surface area contributed by atoms with Gasteiger partial charge in [0, 0.05) is 0 Å². The minimum atomic E-state index is 1.12. The molecule has 1 aliphatic rings. The fourth-order valence-corrected chi connectivity index (χ4v) is 3.44. The monoisotopic (exact) mass is 250 g/mol. The molecule has 0 radical (unpaired) electrons. The largest absolute Gasteiger partial charge is 0.0617 e. The van der Waals surface area contributed by atoms with Gasteiger partial charge in [-0.2, -0.15) is 0 Å². The van der Waals surface area contributed by atoms with Crippen LogP contribution in [0.25, 0.3) is 11.1 Å². The molecule has 2 aromatic carbocycles. The Morgan fingerprint density at radius 1 is 0.842 bits per heavy atom. The van der Waals surface area contributed by atoms with E-state index >= 15 is 0 Å². The van der Waals surface area contributed by atoms with E-state index < -0.39 is 0 Å². The Balaban J connectivity index is 2.25. The highest BCUT2D eigenvalue weighted by atomic mass is 14.2. The summed E-state index contributed by atoms with van der Waals surface area (Å²) in [5, 5.41) is 0. The van der Waals surface area contributed by atoms with E-state index in [9.17, 15) is 0 Å². The van der Waals surface area contributed by atoms with Crippen molar-refractivity contribution in [3.8, 4) is 11.1 Å². The maximum atomic E-state index is 2.33. The fourth-order valence-electron chi connectivity index (χ4n) is 3.44. The van der Waals surface area contributed by atoms with Crippen LogP contribution in [0.5, 0.6) is 0 Å². The van der Waals surface area contributed by atoms with Gasteiger partial charge in [-0.15, -0.1) is 0 Å². The van der Waals surface area contributed by atoms with Gasteiger partial charge in [0.05, 0.1) is 0 Å². The molecule has 0 aromatic heterocycles. The van der Waals surface area contributed by atoms with Crippen LogP contribution in [0.1, 0.15) is 42.5 Å². The number of aryl methyl sites for hydroxylation is 3. The molecule has 0 bridgehead atoms. The average molecular weight is 250 g/mol. The molecule has 1 aliphatic carbocycles. The van der Waals surface area contributed by atoms with Gasteiger partial charge in [-0.1, -0.05) is 50.2 Å². The van der Waals surface area contributed by atoms with Gasteiger partial charge in [0.2, 0.25) is 0 Å². The Hall–Kier alpha value is -1.56. The molecule has 0 N–H and O–H groups in total. The molecule has 0 amide bonds. The van der Waals surface area contributed by atoms with E-state index in [1.807, 2.05) is 0 Å². The molecule has 0 heteroatoms. The van der Waals surface area contributed by atoms with Crippen LogP contribution >= 0.6 is 0 Å². The van der Waals surface area contributed by atoms with Crippen molar-refractivity contribution in [1.82, 2.24) is 0 Å². The highest BCUT2D eigenvalue weighted by molar-refractivity contribution is 5.75. The van der Waals surface area contributed by atoms with E-state index in [4.69, 9.17) is 0 Å². The van der Waals surface area contributed by atoms with Crippen molar-refractivity contribution in [3.63, 3.8) is 0 Å². The summed E-state index contributed by atoms with van der Waals surface area (Å²) in [6, 6.07) is 13.7. The van der Waals surface area contributed by atoms with Crippen LogP contribution in [-0.4, -0.2) is 0 Å². The summed E-state index contributed by atoms with van der Waals surface area (Å²) in [6.07, 6.45) is 6.08. The lowest BCUT2D eigenvalue weighted by Crippen LogP contribution is -1.97. The van der Waals surface area contributed by atoms with Gasteiger partial charge in [0.15, 0.2) is 0 Å². The van der Waals surface area contributed by atoms with Gasteiger partial charge in [-0.3, -0.25) is 0 Å². The molecule has 0 aliphatic heterocycles. The van der Waals surface area contributed by atoms with Crippen LogP contribution in [0.4, 0.5) is 0 Å². The minimum absolute atomic E-state index is 1.12. The Kier molecular flexibility index (Phi) is 3.42. The van der Waals surface area contributed by atoms with Crippen molar-refractivity contribution in [3.05, 3.63) is 58.7 Å². The summed E-state index contributed by atoms with van der Waals surface area (Å²) in [7, 11) is 0. The van der Waals surface area contributed by atoms with Crippen LogP contribution in [0.2, 0.25) is 0 Å². The molecule has 0 nitrogen and oxygen atoms in total. The van der Waals surface area contributed by atoms with Crippen LogP contribution in [0, 0.1) is 0 Å². The maximum absolute atomic E-state index is 2.33. The highest BCUT2D eigenvalue weighted by Gasteiger charge is 2.18. The van der Waals surface area contributed by atoms with Crippen LogP contribution in [0.15, 0.2) is 36.4 Å². The molecular weight excluding hydrogens is 228 g/mol. The van der Waals surface area contributed by atoms with E-state index in [1.54, 1.807) is 11.1 Å². The predicted molar refractivity (Wildman–Crippen MR) is 82.7 cm³/mol. The molecule has 2 aromatic rings. The first-order valence-corrected chi connectivity index (χ1v) is 7.57. The Labute approximate surface area is 116 Å². The van der Waals surface area contributed by atoms with Crippen LogP contribution in [-0.2, 0) is 25.7 Å². The van der Waals surface area contributed by atoms with Crippen molar-refractivity contribution in [1.29, 1.82) is 0 Å². The Morgan fingerprint density at radius 3 is 2.21 bits per heavy atom. The van der Waals surface area contributed by atoms with E-state index in [1.165, 1.54) is 41.5 Å². The molecule has 19 heavy (non-hydrogen) atoms. The zero-order valence-corrected chi connectivity index (χ0v) is 12.0. The number of benzene rings is 2. The fraction of sp³-hybridized carbons (Fsp3) is 0.368. The second-order valence-electron chi connectivity index (χ2n) is 5.46. The molecule has 0 fully saturated rings.